The maximum atomic E-state index is 10.5. The smallest absolute Gasteiger partial charge is 0.311 e. The molecule has 1 aliphatic rings. The van der Waals surface area contributed by atoms with Gasteiger partial charge in [-0.2, -0.15) is 0 Å². The van der Waals surface area contributed by atoms with Crippen molar-refractivity contribution in [1.29, 1.82) is 0 Å². The van der Waals surface area contributed by atoms with E-state index in [0.29, 0.717) is 0 Å². The van der Waals surface area contributed by atoms with Gasteiger partial charge >= 0.3 is 5.69 Å². The number of pyridine rings is 1. The molecule has 1 saturated heterocycles. The van der Waals surface area contributed by atoms with E-state index in [-0.39, 0.29) is 17.5 Å². The molecule has 1 aromatic heterocycles. The van der Waals surface area contributed by atoms with Gasteiger partial charge in [0.05, 0.1) is 16.7 Å². The predicted molar refractivity (Wildman–Crippen MR) is 50.7 cm³/mol. The molecule has 1 unspecified atom stereocenters. The number of aromatic nitrogens is 1. The topological polar surface area (TPSA) is 94.1 Å². The molecule has 1 atom stereocenters. The summed E-state index contributed by atoms with van der Waals surface area (Å²) in [5, 5.41) is 13.6. The molecule has 1 aromatic rings. The highest BCUT2D eigenvalue weighted by molar-refractivity contribution is 5.52. The molecule has 2 rings (SSSR count). The molecule has 6 nitrogen and oxygen atoms in total. The second kappa shape index (κ2) is 3.22. The third-order valence-corrected chi connectivity index (χ3v) is 2.30. The SMILES string of the molecule is Nc1nc(C2CCN2)ccc1[N+](=O)[O-]. The van der Waals surface area contributed by atoms with Crippen LogP contribution in [0.2, 0.25) is 0 Å². The lowest BCUT2D eigenvalue weighted by atomic mass is 10.0. The summed E-state index contributed by atoms with van der Waals surface area (Å²) in [6.07, 6.45) is 1.00. The van der Waals surface area contributed by atoms with Crippen molar-refractivity contribution < 1.29 is 4.92 Å². The van der Waals surface area contributed by atoms with Crippen molar-refractivity contribution in [2.24, 2.45) is 0 Å². The molecule has 1 aliphatic heterocycles. The van der Waals surface area contributed by atoms with Gasteiger partial charge in [-0.1, -0.05) is 0 Å². The molecular formula is C8H10N4O2. The van der Waals surface area contributed by atoms with Crippen LogP contribution < -0.4 is 11.1 Å². The number of nitrogens with two attached hydrogens (primary N) is 1. The quantitative estimate of drug-likeness (QED) is 0.531. The molecule has 0 aromatic carbocycles. The summed E-state index contributed by atoms with van der Waals surface area (Å²) < 4.78 is 0. The Morgan fingerprint density at radius 2 is 2.36 bits per heavy atom. The molecule has 0 amide bonds. The Hall–Kier alpha value is -1.69. The van der Waals surface area contributed by atoms with Gasteiger partial charge in [0.1, 0.15) is 0 Å². The van der Waals surface area contributed by atoms with E-state index < -0.39 is 4.92 Å². The van der Waals surface area contributed by atoms with Crippen LogP contribution in [0, 0.1) is 10.1 Å². The summed E-state index contributed by atoms with van der Waals surface area (Å²) >= 11 is 0. The van der Waals surface area contributed by atoms with Crippen molar-refractivity contribution in [3.63, 3.8) is 0 Å². The Morgan fingerprint density at radius 3 is 2.79 bits per heavy atom. The van der Waals surface area contributed by atoms with E-state index in [1.54, 1.807) is 6.07 Å². The number of nitrogens with zero attached hydrogens (tertiary/aromatic N) is 2. The molecule has 0 bridgehead atoms. The number of hydrogen-bond donors (Lipinski definition) is 2. The number of nitrogens with one attached hydrogen (secondary N) is 1. The van der Waals surface area contributed by atoms with Crippen LogP contribution in [0.3, 0.4) is 0 Å². The number of hydrogen-bond acceptors (Lipinski definition) is 5. The standard InChI is InChI=1S/C8H10N4O2/c9-8-7(12(13)14)2-1-6(11-8)5-3-4-10-5/h1-2,5,10H,3-4H2,(H2,9,11). The average molecular weight is 194 g/mol. The normalized spacial score (nSPS) is 20.1. The van der Waals surface area contributed by atoms with Crippen LogP contribution >= 0.6 is 0 Å². The van der Waals surface area contributed by atoms with Gasteiger partial charge in [-0.3, -0.25) is 10.1 Å². The van der Waals surface area contributed by atoms with Crippen LogP contribution in [0.5, 0.6) is 0 Å². The van der Waals surface area contributed by atoms with Crippen molar-refractivity contribution in [1.82, 2.24) is 10.3 Å². The summed E-state index contributed by atoms with van der Waals surface area (Å²) in [5.41, 5.74) is 6.10. The van der Waals surface area contributed by atoms with Gasteiger partial charge in [0.25, 0.3) is 0 Å². The van der Waals surface area contributed by atoms with E-state index in [4.69, 9.17) is 5.73 Å². The summed E-state index contributed by atoms with van der Waals surface area (Å²) in [6.45, 7) is 0.962. The Kier molecular flexibility index (Phi) is 2.05. The van der Waals surface area contributed by atoms with Gasteiger partial charge in [-0.25, -0.2) is 4.98 Å². The lowest BCUT2D eigenvalue weighted by molar-refractivity contribution is -0.384. The van der Waals surface area contributed by atoms with Crippen molar-refractivity contribution in [2.75, 3.05) is 12.3 Å². The minimum Gasteiger partial charge on any atom is -0.378 e. The van der Waals surface area contributed by atoms with Gasteiger partial charge in [0, 0.05) is 6.07 Å². The van der Waals surface area contributed by atoms with Gasteiger partial charge in [0.15, 0.2) is 0 Å². The maximum Gasteiger partial charge on any atom is 0.311 e. The molecule has 1 fully saturated rings. The van der Waals surface area contributed by atoms with Gasteiger partial charge in [-0.05, 0) is 19.0 Å². The molecule has 14 heavy (non-hydrogen) atoms. The fraction of sp³-hybridized carbons (Fsp3) is 0.375. The van der Waals surface area contributed by atoms with E-state index in [0.717, 1.165) is 18.7 Å². The summed E-state index contributed by atoms with van der Waals surface area (Å²) in [4.78, 5) is 13.9. The van der Waals surface area contributed by atoms with E-state index in [9.17, 15) is 10.1 Å². The van der Waals surface area contributed by atoms with Crippen LogP contribution in [-0.2, 0) is 0 Å². The molecule has 2 heterocycles. The molecule has 6 heteroatoms. The van der Waals surface area contributed by atoms with E-state index in [1.807, 2.05) is 0 Å². The van der Waals surface area contributed by atoms with E-state index in [2.05, 4.69) is 10.3 Å². The maximum absolute atomic E-state index is 10.5. The Balaban J connectivity index is 2.30. The zero-order valence-corrected chi connectivity index (χ0v) is 7.43. The summed E-state index contributed by atoms with van der Waals surface area (Å²) in [5.74, 6) is -0.0128. The Bertz CT molecular complexity index is 376. The molecule has 74 valence electrons. The predicted octanol–water partition coefficient (Wildman–Crippen LogP) is 0.606. The van der Waals surface area contributed by atoms with Crippen molar-refractivity contribution in [3.8, 4) is 0 Å². The van der Waals surface area contributed by atoms with Crippen molar-refractivity contribution >= 4 is 11.5 Å². The summed E-state index contributed by atoms with van der Waals surface area (Å²) in [7, 11) is 0. The van der Waals surface area contributed by atoms with Crippen LogP contribution in [0.4, 0.5) is 11.5 Å². The fourth-order valence-electron chi connectivity index (χ4n) is 1.37. The van der Waals surface area contributed by atoms with Crippen molar-refractivity contribution in [3.05, 3.63) is 27.9 Å². The van der Waals surface area contributed by atoms with Gasteiger partial charge in [-0.15, -0.1) is 0 Å². The number of anilines is 1. The molecule has 0 aliphatic carbocycles. The van der Waals surface area contributed by atoms with Gasteiger partial charge < -0.3 is 11.1 Å². The molecule has 3 N–H and O–H groups in total. The van der Waals surface area contributed by atoms with Crippen molar-refractivity contribution in [2.45, 2.75) is 12.5 Å². The fourth-order valence-corrected chi connectivity index (χ4v) is 1.37. The molecule has 0 saturated carbocycles. The van der Waals surface area contributed by atoms with Gasteiger partial charge in [0.2, 0.25) is 5.82 Å². The first-order chi connectivity index (χ1) is 6.68. The third-order valence-electron chi connectivity index (χ3n) is 2.30. The average Bonchev–Trinajstić information content (AvgIpc) is 2.00. The highest BCUT2D eigenvalue weighted by atomic mass is 16.6. The Labute approximate surface area is 80.3 Å². The Morgan fingerprint density at radius 1 is 1.64 bits per heavy atom. The van der Waals surface area contributed by atoms with Crippen LogP contribution in [-0.4, -0.2) is 16.5 Å². The van der Waals surface area contributed by atoms with Crippen LogP contribution in [0.25, 0.3) is 0 Å². The zero-order valence-electron chi connectivity index (χ0n) is 7.43. The lowest BCUT2D eigenvalue weighted by Crippen LogP contribution is -2.35. The molecule has 0 radical (unpaired) electrons. The minimum atomic E-state index is -0.527. The van der Waals surface area contributed by atoms with E-state index >= 15 is 0 Å². The minimum absolute atomic E-state index is 0.0128. The number of nitrogen functional groups attached to an aromatic ring is 1. The first-order valence-electron chi connectivity index (χ1n) is 4.32. The monoisotopic (exact) mass is 194 g/mol. The number of rotatable bonds is 2. The first-order valence-corrected chi connectivity index (χ1v) is 4.32. The number of nitro groups is 1. The first kappa shape index (κ1) is 8.89. The highest BCUT2D eigenvalue weighted by Gasteiger charge is 2.22. The third kappa shape index (κ3) is 1.39. The highest BCUT2D eigenvalue weighted by Crippen LogP contribution is 2.25. The molecular weight excluding hydrogens is 184 g/mol. The second-order valence-corrected chi connectivity index (χ2v) is 3.19. The van der Waals surface area contributed by atoms with E-state index in [1.165, 1.54) is 6.07 Å². The zero-order chi connectivity index (χ0) is 10.1. The molecule has 0 spiro atoms. The van der Waals surface area contributed by atoms with Crippen LogP contribution in [0.15, 0.2) is 12.1 Å². The lowest BCUT2D eigenvalue weighted by Gasteiger charge is -2.26. The summed E-state index contributed by atoms with van der Waals surface area (Å²) in [6, 6.07) is 3.25. The van der Waals surface area contributed by atoms with Crippen LogP contribution in [0.1, 0.15) is 18.2 Å². The second-order valence-electron chi connectivity index (χ2n) is 3.19. The largest absolute Gasteiger partial charge is 0.378 e.